The van der Waals surface area contributed by atoms with Gasteiger partial charge in [-0.25, -0.2) is 4.39 Å². The molecule has 1 aromatic carbocycles. The van der Waals surface area contributed by atoms with Gasteiger partial charge in [0.1, 0.15) is 5.82 Å². The quantitative estimate of drug-likeness (QED) is 0.852. The van der Waals surface area contributed by atoms with E-state index in [1.54, 1.807) is 0 Å². The van der Waals surface area contributed by atoms with Gasteiger partial charge in [0.05, 0.1) is 0 Å². The monoisotopic (exact) mass is 330 g/mol. The van der Waals surface area contributed by atoms with Crippen LogP contribution in [-0.2, 0) is 0 Å². The molecule has 0 radical (unpaired) electrons. The van der Waals surface area contributed by atoms with Gasteiger partial charge in [-0.2, -0.15) is 0 Å². The first-order valence-electron chi connectivity index (χ1n) is 6.67. The summed E-state index contributed by atoms with van der Waals surface area (Å²) in [6.07, 6.45) is 0. The molecule has 0 aromatic heterocycles. The van der Waals surface area contributed by atoms with Crippen molar-refractivity contribution in [3.8, 4) is 0 Å². The van der Waals surface area contributed by atoms with E-state index >= 15 is 0 Å². The fraction of sp³-hybridized carbons (Fsp3) is 0.600. The third kappa shape index (κ3) is 4.86. The molecule has 0 bridgehead atoms. The number of nitrogens with zero attached hydrogens (tertiary/aromatic N) is 1. The van der Waals surface area contributed by atoms with E-state index in [0.29, 0.717) is 12.0 Å². The van der Waals surface area contributed by atoms with Crippen LogP contribution in [0, 0.1) is 11.7 Å². The second kappa shape index (κ2) is 7.36. The second-order valence-electron chi connectivity index (χ2n) is 5.57. The highest BCUT2D eigenvalue weighted by molar-refractivity contribution is 9.10. The van der Waals surface area contributed by atoms with Crippen molar-refractivity contribution in [2.24, 2.45) is 5.92 Å². The molecule has 1 rings (SSSR count). The molecule has 0 amide bonds. The van der Waals surface area contributed by atoms with Gasteiger partial charge in [-0.15, -0.1) is 0 Å². The van der Waals surface area contributed by atoms with Gasteiger partial charge in [0.2, 0.25) is 0 Å². The minimum atomic E-state index is -0.212. The average molecular weight is 331 g/mol. The molecule has 0 heterocycles. The molecule has 1 N–H and O–H groups in total. The number of halogens is 2. The molecule has 0 spiro atoms. The number of likely N-dealkylation sites (N-methyl/N-ethyl adjacent to an activating group) is 1. The Kier molecular flexibility index (Phi) is 6.43. The maximum atomic E-state index is 13.1. The van der Waals surface area contributed by atoms with Crippen LogP contribution in [0.5, 0.6) is 0 Å². The van der Waals surface area contributed by atoms with Crippen LogP contribution in [0.25, 0.3) is 0 Å². The molecule has 0 aliphatic carbocycles. The molecule has 0 fully saturated rings. The summed E-state index contributed by atoms with van der Waals surface area (Å²) >= 11 is 3.42. The summed E-state index contributed by atoms with van der Waals surface area (Å²) < 4.78 is 13.9. The van der Waals surface area contributed by atoms with Crippen LogP contribution < -0.4 is 5.32 Å². The van der Waals surface area contributed by atoms with Gasteiger partial charge in [0.25, 0.3) is 0 Å². The summed E-state index contributed by atoms with van der Waals surface area (Å²) in [5.74, 6) is 0.377. The van der Waals surface area contributed by atoms with Crippen molar-refractivity contribution in [1.29, 1.82) is 0 Å². The number of nitrogens with one attached hydrogen (secondary N) is 1. The lowest BCUT2D eigenvalue weighted by Gasteiger charge is -2.30. The number of benzene rings is 1. The zero-order chi connectivity index (χ0) is 14.6. The third-order valence-electron chi connectivity index (χ3n) is 3.50. The molecule has 2 atom stereocenters. The van der Waals surface area contributed by atoms with Crippen molar-refractivity contribution in [2.75, 3.05) is 20.6 Å². The van der Waals surface area contributed by atoms with Crippen molar-refractivity contribution >= 4 is 15.9 Å². The molecule has 2 unspecified atom stereocenters. The Labute approximate surface area is 124 Å². The number of hydrogen-bond donors (Lipinski definition) is 1. The highest BCUT2D eigenvalue weighted by Crippen LogP contribution is 2.24. The largest absolute Gasteiger partial charge is 0.309 e. The highest BCUT2D eigenvalue weighted by atomic mass is 79.9. The first kappa shape index (κ1) is 16.6. The topological polar surface area (TPSA) is 15.3 Å². The first-order valence-corrected chi connectivity index (χ1v) is 7.47. The van der Waals surface area contributed by atoms with Crippen LogP contribution in [0.2, 0.25) is 0 Å². The van der Waals surface area contributed by atoms with E-state index in [1.165, 1.54) is 12.1 Å². The van der Waals surface area contributed by atoms with Crippen molar-refractivity contribution in [3.05, 3.63) is 34.1 Å². The summed E-state index contributed by atoms with van der Waals surface area (Å²) in [6.45, 7) is 7.47. The Morgan fingerprint density at radius 2 is 1.89 bits per heavy atom. The molecular formula is C15H24BrFN2. The van der Waals surface area contributed by atoms with Crippen molar-refractivity contribution < 1.29 is 4.39 Å². The predicted molar refractivity (Wildman–Crippen MR) is 82.8 cm³/mol. The predicted octanol–water partition coefficient (Wildman–Crippen LogP) is 3.83. The van der Waals surface area contributed by atoms with E-state index in [-0.39, 0.29) is 11.9 Å². The Morgan fingerprint density at radius 1 is 1.26 bits per heavy atom. The zero-order valence-corrected chi connectivity index (χ0v) is 14.0. The summed E-state index contributed by atoms with van der Waals surface area (Å²) in [4.78, 5) is 2.24. The normalized spacial score (nSPS) is 15.0. The lowest BCUT2D eigenvalue weighted by molar-refractivity contribution is 0.220. The van der Waals surface area contributed by atoms with Crippen LogP contribution >= 0.6 is 15.9 Å². The summed E-state index contributed by atoms with van der Waals surface area (Å²) in [5, 5.41) is 3.53. The van der Waals surface area contributed by atoms with E-state index in [9.17, 15) is 4.39 Å². The number of hydrogen-bond acceptors (Lipinski definition) is 2. The van der Waals surface area contributed by atoms with E-state index in [4.69, 9.17) is 0 Å². The second-order valence-corrected chi connectivity index (χ2v) is 6.43. The molecule has 0 saturated carbocycles. The molecule has 19 heavy (non-hydrogen) atoms. The molecule has 0 aliphatic rings. The van der Waals surface area contributed by atoms with Crippen LogP contribution in [0.3, 0.4) is 0 Å². The zero-order valence-electron chi connectivity index (χ0n) is 12.4. The van der Waals surface area contributed by atoms with Crippen LogP contribution in [0.15, 0.2) is 22.7 Å². The van der Waals surface area contributed by atoms with Gasteiger partial charge < -0.3 is 10.2 Å². The standard InChI is InChI=1S/C15H24BrFN2/c1-10(2)15(19(4)5)9-18-11(3)13-7-6-12(17)8-14(13)16/h6-8,10-11,15,18H,9H2,1-5H3. The van der Waals surface area contributed by atoms with Gasteiger partial charge in [0.15, 0.2) is 0 Å². The lowest BCUT2D eigenvalue weighted by Crippen LogP contribution is -2.42. The molecule has 2 nitrogen and oxygen atoms in total. The Morgan fingerprint density at radius 3 is 2.37 bits per heavy atom. The third-order valence-corrected chi connectivity index (χ3v) is 4.18. The average Bonchev–Trinajstić information content (AvgIpc) is 2.27. The molecule has 108 valence electrons. The van der Waals surface area contributed by atoms with E-state index in [2.05, 4.69) is 61.0 Å². The first-order chi connectivity index (χ1) is 8.82. The minimum absolute atomic E-state index is 0.191. The maximum Gasteiger partial charge on any atom is 0.124 e. The SMILES string of the molecule is CC(NCC(C(C)C)N(C)C)c1ccc(F)cc1Br. The maximum absolute atomic E-state index is 13.1. The highest BCUT2D eigenvalue weighted by Gasteiger charge is 2.17. The van der Waals surface area contributed by atoms with Crippen molar-refractivity contribution in [3.63, 3.8) is 0 Å². The van der Waals surface area contributed by atoms with Crippen molar-refractivity contribution in [1.82, 2.24) is 10.2 Å². The fourth-order valence-corrected chi connectivity index (χ4v) is 2.97. The summed E-state index contributed by atoms with van der Waals surface area (Å²) in [7, 11) is 4.20. The van der Waals surface area contributed by atoms with Gasteiger partial charge in [-0.1, -0.05) is 35.8 Å². The van der Waals surface area contributed by atoms with Gasteiger partial charge in [-0.3, -0.25) is 0 Å². The molecule has 0 saturated heterocycles. The Hall–Kier alpha value is -0.450. The van der Waals surface area contributed by atoms with Gasteiger partial charge in [0, 0.05) is 23.1 Å². The lowest BCUT2D eigenvalue weighted by atomic mass is 10.0. The van der Waals surface area contributed by atoms with Crippen LogP contribution in [-0.4, -0.2) is 31.6 Å². The molecular weight excluding hydrogens is 307 g/mol. The van der Waals surface area contributed by atoms with Crippen LogP contribution in [0.4, 0.5) is 4.39 Å². The molecule has 4 heteroatoms. The number of rotatable bonds is 6. The van der Waals surface area contributed by atoms with Gasteiger partial charge in [-0.05, 0) is 44.6 Å². The van der Waals surface area contributed by atoms with E-state index in [1.807, 2.05) is 6.07 Å². The minimum Gasteiger partial charge on any atom is -0.309 e. The molecule has 1 aromatic rings. The fourth-order valence-electron chi connectivity index (χ4n) is 2.27. The molecule has 0 aliphatic heterocycles. The summed E-state index contributed by atoms with van der Waals surface area (Å²) in [6, 6.07) is 5.53. The van der Waals surface area contributed by atoms with Crippen molar-refractivity contribution in [2.45, 2.75) is 32.9 Å². The van der Waals surface area contributed by atoms with Gasteiger partial charge >= 0.3 is 0 Å². The smallest absolute Gasteiger partial charge is 0.124 e. The Balaban J connectivity index is 2.66. The Bertz CT molecular complexity index is 399. The summed E-state index contributed by atoms with van der Waals surface area (Å²) in [5.41, 5.74) is 1.09. The van der Waals surface area contributed by atoms with Crippen LogP contribution in [0.1, 0.15) is 32.4 Å². The van der Waals surface area contributed by atoms with E-state index < -0.39 is 0 Å². The van der Waals surface area contributed by atoms with E-state index in [0.717, 1.165) is 16.6 Å².